The third-order valence-electron chi connectivity index (χ3n) is 5.27. The number of amides is 3. The summed E-state index contributed by atoms with van der Waals surface area (Å²) in [6.45, 7) is -0.405. The van der Waals surface area contributed by atoms with Crippen molar-refractivity contribution in [2.45, 2.75) is 0 Å². The van der Waals surface area contributed by atoms with Gasteiger partial charge in [-0.15, -0.1) is 11.3 Å². The fourth-order valence-electron chi connectivity index (χ4n) is 3.69. The van der Waals surface area contributed by atoms with E-state index in [9.17, 15) is 18.8 Å². The molecule has 0 spiro atoms. The number of halogens is 1. The van der Waals surface area contributed by atoms with Gasteiger partial charge < -0.3 is 5.32 Å². The van der Waals surface area contributed by atoms with Crippen molar-refractivity contribution < 1.29 is 18.8 Å². The van der Waals surface area contributed by atoms with Crippen LogP contribution in [0.5, 0.6) is 0 Å². The molecule has 6 nitrogen and oxygen atoms in total. The van der Waals surface area contributed by atoms with Crippen LogP contribution in [0.2, 0.25) is 0 Å². The quantitative estimate of drug-likeness (QED) is 0.435. The minimum absolute atomic E-state index is 0.291. The van der Waals surface area contributed by atoms with Crippen molar-refractivity contribution >= 4 is 34.7 Å². The van der Waals surface area contributed by atoms with Crippen LogP contribution in [-0.2, 0) is 4.79 Å². The molecule has 1 aliphatic heterocycles. The summed E-state index contributed by atoms with van der Waals surface area (Å²) >= 11 is 1.30. The van der Waals surface area contributed by atoms with Gasteiger partial charge >= 0.3 is 0 Å². The first-order valence-electron chi connectivity index (χ1n) is 10.1. The monoisotopic (exact) mass is 457 g/mol. The summed E-state index contributed by atoms with van der Waals surface area (Å²) in [5.41, 5.74) is 2.69. The van der Waals surface area contributed by atoms with Gasteiger partial charge in [-0.2, -0.15) is 0 Å². The van der Waals surface area contributed by atoms with E-state index in [1.54, 1.807) is 72.1 Å². The van der Waals surface area contributed by atoms with Crippen LogP contribution in [0.1, 0.15) is 20.7 Å². The number of nitrogens with zero attached hydrogens (tertiary/aromatic N) is 2. The highest BCUT2D eigenvalue weighted by atomic mass is 32.1. The lowest BCUT2D eigenvalue weighted by atomic mass is 10.1. The Balaban J connectivity index is 1.36. The highest BCUT2D eigenvalue weighted by Crippen LogP contribution is 2.33. The molecule has 3 amide bonds. The van der Waals surface area contributed by atoms with Crippen LogP contribution in [0.25, 0.3) is 21.8 Å². The summed E-state index contributed by atoms with van der Waals surface area (Å²) < 4.78 is 14.1. The maximum Gasteiger partial charge on any atom is 0.262 e. The average Bonchev–Trinajstić information content (AvgIpc) is 3.40. The Morgan fingerprint density at radius 2 is 1.42 bits per heavy atom. The molecular weight excluding hydrogens is 441 g/mol. The molecule has 0 saturated carbocycles. The van der Waals surface area contributed by atoms with E-state index in [4.69, 9.17) is 0 Å². The number of hydrogen-bond acceptors (Lipinski definition) is 5. The molecule has 1 N–H and O–H groups in total. The number of rotatable bonds is 5. The van der Waals surface area contributed by atoms with Gasteiger partial charge in [0.05, 0.1) is 22.5 Å². The highest BCUT2D eigenvalue weighted by molar-refractivity contribution is 7.13. The number of para-hydroxylation sites is 1. The van der Waals surface area contributed by atoms with Crippen LogP contribution in [-0.4, -0.2) is 34.2 Å². The molecule has 2 heterocycles. The van der Waals surface area contributed by atoms with E-state index >= 15 is 0 Å². The van der Waals surface area contributed by atoms with Gasteiger partial charge in [-0.05, 0) is 30.3 Å². The van der Waals surface area contributed by atoms with Gasteiger partial charge in [0.15, 0.2) is 0 Å². The zero-order valence-corrected chi connectivity index (χ0v) is 17.9. The number of aromatic nitrogens is 1. The van der Waals surface area contributed by atoms with Crippen LogP contribution in [0.4, 0.5) is 10.1 Å². The third kappa shape index (κ3) is 3.81. The van der Waals surface area contributed by atoms with Crippen LogP contribution in [0.15, 0.2) is 78.2 Å². The average molecular weight is 457 g/mol. The SMILES string of the molecule is O=C(CN1C(=O)c2ccccc2C1=O)Nc1ccccc1-c1csc(-c2ccccc2F)n1. The molecule has 0 bridgehead atoms. The van der Waals surface area contributed by atoms with E-state index in [0.717, 1.165) is 4.90 Å². The zero-order chi connectivity index (χ0) is 22.9. The van der Waals surface area contributed by atoms with Gasteiger partial charge in [0, 0.05) is 16.5 Å². The number of fused-ring (bicyclic) bond motifs is 1. The molecule has 3 aromatic carbocycles. The molecule has 0 saturated heterocycles. The first kappa shape index (κ1) is 20.7. The van der Waals surface area contributed by atoms with E-state index in [0.29, 0.717) is 38.6 Å². The lowest BCUT2D eigenvalue weighted by Crippen LogP contribution is -2.37. The second-order valence-corrected chi connectivity index (χ2v) is 8.21. The summed E-state index contributed by atoms with van der Waals surface area (Å²) in [6.07, 6.45) is 0. The van der Waals surface area contributed by atoms with E-state index in [1.807, 2.05) is 0 Å². The van der Waals surface area contributed by atoms with Crippen molar-refractivity contribution in [2.75, 3.05) is 11.9 Å². The van der Waals surface area contributed by atoms with E-state index < -0.39 is 24.3 Å². The summed E-state index contributed by atoms with van der Waals surface area (Å²) in [7, 11) is 0. The van der Waals surface area contributed by atoms with E-state index in [2.05, 4.69) is 10.3 Å². The molecule has 0 radical (unpaired) electrons. The number of benzene rings is 3. The van der Waals surface area contributed by atoms with Crippen molar-refractivity contribution in [3.63, 3.8) is 0 Å². The molecule has 1 aromatic heterocycles. The Labute approximate surface area is 192 Å². The number of hydrogen-bond donors (Lipinski definition) is 1. The summed E-state index contributed by atoms with van der Waals surface area (Å²) in [6, 6.07) is 19.9. The van der Waals surface area contributed by atoms with Crippen molar-refractivity contribution in [2.24, 2.45) is 0 Å². The summed E-state index contributed by atoms with van der Waals surface area (Å²) in [4.78, 5) is 43.3. The van der Waals surface area contributed by atoms with Gasteiger partial charge in [-0.1, -0.05) is 42.5 Å². The molecule has 5 rings (SSSR count). The lowest BCUT2D eigenvalue weighted by molar-refractivity contribution is -0.116. The Hall–Kier alpha value is -4.17. The molecule has 0 unspecified atom stereocenters. The largest absolute Gasteiger partial charge is 0.324 e. The predicted octanol–water partition coefficient (Wildman–Crippen LogP) is 4.85. The summed E-state index contributed by atoms with van der Waals surface area (Å²) in [5.74, 6) is -1.86. The Kier molecular flexibility index (Phi) is 5.27. The second-order valence-electron chi connectivity index (χ2n) is 7.35. The highest BCUT2D eigenvalue weighted by Gasteiger charge is 2.36. The van der Waals surface area contributed by atoms with Crippen LogP contribution < -0.4 is 5.32 Å². The molecule has 33 heavy (non-hydrogen) atoms. The van der Waals surface area contributed by atoms with Crippen molar-refractivity contribution in [1.29, 1.82) is 0 Å². The van der Waals surface area contributed by atoms with E-state index in [-0.39, 0.29) is 5.82 Å². The van der Waals surface area contributed by atoms with Crippen molar-refractivity contribution in [1.82, 2.24) is 9.88 Å². The standard InChI is InChI=1S/C25H16FN3O3S/c26-19-11-5-3-9-17(19)23-28-21(14-33-23)18-10-4-6-12-20(18)27-22(30)13-29-24(31)15-7-1-2-8-16(15)25(29)32/h1-12,14H,13H2,(H,27,30). The minimum Gasteiger partial charge on any atom is -0.324 e. The van der Waals surface area contributed by atoms with Crippen molar-refractivity contribution in [3.8, 4) is 21.8 Å². The predicted molar refractivity (Wildman–Crippen MR) is 123 cm³/mol. The molecule has 0 aliphatic carbocycles. The van der Waals surface area contributed by atoms with Crippen LogP contribution >= 0.6 is 11.3 Å². The summed E-state index contributed by atoms with van der Waals surface area (Å²) in [5, 5.41) is 5.08. The molecule has 4 aromatic rings. The van der Waals surface area contributed by atoms with Crippen LogP contribution in [0, 0.1) is 5.82 Å². The van der Waals surface area contributed by atoms with Gasteiger partial charge in [0.2, 0.25) is 5.91 Å². The van der Waals surface area contributed by atoms with Gasteiger partial charge in [-0.3, -0.25) is 19.3 Å². The van der Waals surface area contributed by atoms with Gasteiger partial charge in [0.25, 0.3) is 11.8 Å². The number of anilines is 1. The Morgan fingerprint density at radius 3 is 2.09 bits per heavy atom. The normalized spacial score (nSPS) is 12.7. The van der Waals surface area contributed by atoms with Gasteiger partial charge in [0.1, 0.15) is 17.4 Å². The molecular formula is C25H16FN3O3S. The van der Waals surface area contributed by atoms with E-state index in [1.165, 1.54) is 17.4 Å². The molecule has 1 aliphatic rings. The lowest BCUT2D eigenvalue weighted by Gasteiger charge is -2.15. The molecule has 162 valence electrons. The Morgan fingerprint density at radius 1 is 0.848 bits per heavy atom. The molecule has 8 heteroatoms. The smallest absolute Gasteiger partial charge is 0.262 e. The number of carbonyl (C=O) groups is 3. The zero-order valence-electron chi connectivity index (χ0n) is 17.1. The number of carbonyl (C=O) groups excluding carboxylic acids is 3. The fourth-order valence-corrected chi connectivity index (χ4v) is 4.53. The molecule has 0 atom stereocenters. The minimum atomic E-state index is -0.512. The topological polar surface area (TPSA) is 79.4 Å². The van der Waals surface area contributed by atoms with Gasteiger partial charge in [-0.25, -0.2) is 9.37 Å². The first-order chi connectivity index (χ1) is 16.0. The third-order valence-corrected chi connectivity index (χ3v) is 6.14. The maximum atomic E-state index is 14.1. The van der Waals surface area contributed by atoms with Crippen molar-refractivity contribution in [3.05, 3.63) is 95.1 Å². The number of nitrogens with one attached hydrogen (secondary N) is 1. The number of imide groups is 1. The Bertz CT molecular complexity index is 1380. The second kappa shape index (κ2) is 8.40. The molecule has 0 fully saturated rings. The number of thiazole rings is 1. The first-order valence-corrected chi connectivity index (χ1v) is 11.0. The maximum absolute atomic E-state index is 14.1. The fraction of sp³-hybridized carbons (Fsp3) is 0.0400. The van der Waals surface area contributed by atoms with Crippen LogP contribution in [0.3, 0.4) is 0 Å².